The number of nitrogens with one attached hydrogen (secondary N) is 2. The van der Waals surface area contributed by atoms with Crippen molar-refractivity contribution >= 4 is 23.5 Å². The van der Waals surface area contributed by atoms with Crippen molar-refractivity contribution in [2.24, 2.45) is 0 Å². The molecule has 7 heteroatoms. The Labute approximate surface area is 169 Å². The summed E-state index contributed by atoms with van der Waals surface area (Å²) >= 11 is 5.82. The van der Waals surface area contributed by atoms with Gasteiger partial charge in [0.15, 0.2) is 6.61 Å². The second-order valence-corrected chi connectivity index (χ2v) is 7.15. The van der Waals surface area contributed by atoms with Crippen LogP contribution in [0.5, 0.6) is 0 Å². The van der Waals surface area contributed by atoms with Crippen LogP contribution in [0.1, 0.15) is 21.5 Å². The molecule has 1 heterocycles. The molecule has 1 saturated heterocycles. The van der Waals surface area contributed by atoms with Crippen molar-refractivity contribution in [1.82, 2.24) is 5.32 Å². The maximum absolute atomic E-state index is 12.1. The van der Waals surface area contributed by atoms with Gasteiger partial charge in [-0.15, -0.1) is 0 Å². The van der Waals surface area contributed by atoms with Gasteiger partial charge in [-0.3, -0.25) is 4.79 Å². The van der Waals surface area contributed by atoms with E-state index in [-0.39, 0.29) is 12.5 Å². The molecular formula is C21H24ClN2O4+. The van der Waals surface area contributed by atoms with Crippen molar-refractivity contribution in [2.75, 3.05) is 32.9 Å². The van der Waals surface area contributed by atoms with Gasteiger partial charge in [-0.1, -0.05) is 35.9 Å². The summed E-state index contributed by atoms with van der Waals surface area (Å²) in [5.41, 5.74) is 2.52. The SMILES string of the molecule is O=C(COC(=O)c1ccc(C[NH+]2CCOCC2)cc1)NCc1ccc(Cl)cc1. The summed E-state index contributed by atoms with van der Waals surface area (Å²) in [5.74, 6) is -0.859. The Bertz CT molecular complexity index is 787. The van der Waals surface area contributed by atoms with Gasteiger partial charge in [0.1, 0.15) is 19.6 Å². The number of esters is 1. The number of rotatable bonds is 7. The molecule has 0 saturated carbocycles. The molecule has 0 spiro atoms. The van der Waals surface area contributed by atoms with Crippen LogP contribution in [0.2, 0.25) is 5.02 Å². The minimum absolute atomic E-state index is 0.313. The summed E-state index contributed by atoms with van der Waals surface area (Å²) in [7, 11) is 0. The molecular weight excluding hydrogens is 380 g/mol. The van der Waals surface area contributed by atoms with Gasteiger partial charge in [0.25, 0.3) is 5.91 Å². The van der Waals surface area contributed by atoms with Gasteiger partial charge in [0.05, 0.1) is 18.8 Å². The Hall–Kier alpha value is -2.41. The second kappa shape index (κ2) is 10.2. The lowest BCUT2D eigenvalue weighted by Crippen LogP contribution is -3.12. The number of amides is 1. The van der Waals surface area contributed by atoms with E-state index in [0.717, 1.165) is 44.0 Å². The first-order chi connectivity index (χ1) is 13.6. The number of ether oxygens (including phenoxy) is 2. The van der Waals surface area contributed by atoms with Crippen molar-refractivity contribution in [3.05, 3.63) is 70.2 Å². The van der Waals surface area contributed by atoms with E-state index in [1.54, 1.807) is 24.3 Å². The van der Waals surface area contributed by atoms with Crippen LogP contribution in [0, 0.1) is 0 Å². The molecule has 2 N–H and O–H groups in total. The fraction of sp³-hybridized carbons (Fsp3) is 0.333. The van der Waals surface area contributed by atoms with Gasteiger partial charge in [0, 0.05) is 17.1 Å². The third-order valence-electron chi connectivity index (χ3n) is 4.58. The molecule has 2 aromatic rings. The molecule has 2 aromatic carbocycles. The van der Waals surface area contributed by atoms with Crippen molar-refractivity contribution in [2.45, 2.75) is 13.1 Å². The summed E-state index contributed by atoms with van der Waals surface area (Å²) in [6.45, 7) is 4.52. The first-order valence-corrected chi connectivity index (χ1v) is 9.66. The van der Waals surface area contributed by atoms with Crippen molar-refractivity contribution < 1.29 is 24.0 Å². The highest BCUT2D eigenvalue weighted by atomic mass is 35.5. The number of carbonyl (C=O) groups is 2. The van der Waals surface area contributed by atoms with E-state index in [9.17, 15) is 9.59 Å². The van der Waals surface area contributed by atoms with Crippen LogP contribution in [0.4, 0.5) is 0 Å². The fourth-order valence-corrected chi connectivity index (χ4v) is 3.08. The zero-order valence-corrected chi connectivity index (χ0v) is 16.3. The summed E-state index contributed by atoms with van der Waals surface area (Å²) in [4.78, 5) is 25.5. The number of carbonyl (C=O) groups excluding carboxylic acids is 2. The molecule has 6 nitrogen and oxygen atoms in total. The van der Waals surface area contributed by atoms with Crippen LogP contribution in [0.15, 0.2) is 48.5 Å². The third-order valence-corrected chi connectivity index (χ3v) is 4.83. The van der Waals surface area contributed by atoms with Crippen LogP contribution in [-0.4, -0.2) is 44.8 Å². The molecule has 0 atom stereocenters. The monoisotopic (exact) mass is 403 g/mol. The van der Waals surface area contributed by atoms with E-state index in [1.807, 2.05) is 24.3 Å². The van der Waals surface area contributed by atoms with Gasteiger partial charge in [-0.2, -0.15) is 0 Å². The average molecular weight is 404 g/mol. The number of quaternary nitrogens is 1. The Morgan fingerprint density at radius 1 is 1.00 bits per heavy atom. The molecule has 1 amide bonds. The highest BCUT2D eigenvalue weighted by Gasteiger charge is 2.15. The van der Waals surface area contributed by atoms with Crippen LogP contribution in [0.3, 0.4) is 0 Å². The van der Waals surface area contributed by atoms with Crippen molar-refractivity contribution in [3.8, 4) is 0 Å². The highest BCUT2D eigenvalue weighted by Crippen LogP contribution is 2.09. The summed E-state index contributed by atoms with van der Waals surface area (Å²) in [6, 6.07) is 14.5. The first-order valence-electron chi connectivity index (χ1n) is 9.28. The maximum atomic E-state index is 12.1. The lowest BCUT2D eigenvalue weighted by molar-refractivity contribution is -0.921. The Morgan fingerprint density at radius 3 is 2.32 bits per heavy atom. The number of morpholine rings is 1. The van der Waals surface area contributed by atoms with Gasteiger partial charge < -0.3 is 19.7 Å². The zero-order chi connectivity index (χ0) is 19.8. The van der Waals surface area contributed by atoms with Crippen LogP contribution < -0.4 is 10.2 Å². The summed E-state index contributed by atoms with van der Waals surface area (Å²) in [6.07, 6.45) is 0. The molecule has 0 aromatic heterocycles. The van der Waals surface area contributed by atoms with Crippen LogP contribution in [-0.2, 0) is 27.4 Å². The Balaban J connectivity index is 1.41. The summed E-state index contributed by atoms with van der Waals surface area (Å²) < 4.78 is 10.5. The topological polar surface area (TPSA) is 69.1 Å². The van der Waals surface area contributed by atoms with Crippen LogP contribution >= 0.6 is 11.6 Å². The minimum Gasteiger partial charge on any atom is -0.452 e. The van der Waals surface area contributed by atoms with E-state index in [0.29, 0.717) is 17.1 Å². The molecule has 1 aliphatic rings. The molecule has 0 radical (unpaired) electrons. The number of halogens is 1. The number of hydrogen-bond donors (Lipinski definition) is 2. The van der Waals surface area contributed by atoms with E-state index < -0.39 is 5.97 Å². The molecule has 0 unspecified atom stereocenters. The Morgan fingerprint density at radius 2 is 1.64 bits per heavy atom. The van der Waals surface area contributed by atoms with Gasteiger partial charge in [-0.25, -0.2) is 4.79 Å². The molecule has 148 valence electrons. The first kappa shape index (κ1) is 20.3. The predicted molar refractivity (Wildman–Crippen MR) is 105 cm³/mol. The van der Waals surface area contributed by atoms with Crippen molar-refractivity contribution in [1.29, 1.82) is 0 Å². The van der Waals surface area contributed by atoms with E-state index >= 15 is 0 Å². The zero-order valence-electron chi connectivity index (χ0n) is 15.6. The molecule has 1 aliphatic heterocycles. The average Bonchev–Trinajstić information content (AvgIpc) is 2.73. The second-order valence-electron chi connectivity index (χ2n) is 6.72. The lowest BCUT2D eigenvalue weighted by atomic mass is 10.1. The van der Waals surface area contributed by atoms with E-state index in [1.165, 1.54) is 4.90 Å². The Kier molecular flexibility index (Phi) is 7.42. The molecule has 0 bridgehead atoms. The quantitative estimate of drug-likeness (QED) is 0.682. The van der Waals surface area contributed by atoms with E-state index in [4.69, 9.17) is 21.1 Å². The smallest absolute Gasteiger partial charge is 0.338 e. The number of hydrogen-bond acceptors (Lipinski definition) is 4. The lowest BCUT2D eigenvalue weighted by Gasteiger charge is -2.23. The van der Waals surface area contributed by atoms with Gasteiger partial charge in [-0.05, 0) is 29.8 Å². The molecule has 28 heavy (non-hydrogen) atoms. The van der Waals surface area contributed by atoms with Crippen LogP contribution in [0.25, 0.3) is 0 Å². The van der Waals surface area contributed by atoms with Gasteiger partial charge >= 0.3 is 5.97 Å². The van der Waals surface area contributed by atoms with Crippen molar-refractivity contribution in [3.63, 3.8) is 0 Å². The predicted octanol–water partition coefficient (Wildman–Crippen LogP) is 1.23. The molecule has 1 fully saturated rings. The fourth-order valence-electron chi connectivity index (χ4n) is 2.95. The van der Waals surface area contributed by atoms with E-state index in [2.05, 4.69) is 5.32 Å². The molecule has 0 aliphatic carbocycles. The third kappa shape index (κ3) is 6.34. The van der Waals surface area contributed by atoms with Gasteiger partial charge in [0.2, 0.25) is 0 Å². The largest absolute Gasteiger partial charge is 0.452 e. The molecule has 3 rings (SSSR count). The minimum atomic E-state index is -0.507. The summed E-state index contributed by atoms with van der Waals surface area (Å²) in [5, 5.41) is 3.35. The normalized spacial score (nSPS) is 14.5. The highest BCUT2D eigenvalue weighted by molar-refractivity contribution is 6.30. The number of benzene rings is 2. The standard InChI is InChI=1S/C21H23ClN2O4/c22-19-7-3-16(4-8-19)13-23-20(25)15-28-21(26)18-5-1-17(2-6-18)14-24-9-11-27-12-10-24/h1-8H,9-15H2,(H,23,25)/p+1. The maximum Gasteiger partial charge on any atom is 0.338 e.